The van der Waals surface area contributed by atoms with Gasteiger partial charge in [-0.1, -0.05) is 5.21 Å². The van der Waals surface area contributed by atoms with E-state index in [9.17, 15) is 4.79 Å². The summed E-state index contributed by atoms with van der Waals surface area (Å²) in [4.78, 5) is 11.5. The number of nitrogens with zero attached hydrogens (tertiary/aromatic N) is 3. The van der Waals surface area contributed by atoms with Gasteiger partial charge in [0.2, 0.25) is 0 Å². The van der Waals surface area contributed by atoms with Crippen molar-refractivity contribution in [2.75, 3.05) is 13.7 Å². The van der Waals surface area contributed by atoms with Gasteiger partial charge in [-0.05, 0) is 43.5 Å². The molecule has 3 aromatic heterocycles. The van der Waals surface area contributed by atoms with Gasteiger partial charge in [0.25, 0.3) is 5.91 Å². The molecule has 0 aliphatic carbocycles. The molecule has 0 spiro atoms. The number of carbonyl (C=O) groups is 1. The number of rotatable bonds is 5. The Morgan fingerprint density at radius 3 is 3.00 bits per heavy atom. The summed E-state index contributed by atoms with van der Waals surface area (Å²) >= 11 is 0. The quantitative estimate of drug-likeness (QED) is 0.755. The second-order valence-electron chi connectivity index (χ2n) is 6.20. The zero-order chi connectivity index (χ0) is 17.9. The Hall–Kier alpha value is -2.87. The molecule has 26 heavy (non-hydrogen) atoms. The molecule has 0 radical (unpaired) electrons. The predicted molar refractivity (Wildman–Crippen MR) is 91.5 cm³/mol. The van der Waals surface area contributed by atoms with Gasteiger partial charge >= 0.3 is 0 Å². The topological polar surface area (TPSA) is 95.3 Å². The Bertz CT molecular complexity index is 889. The van der Waals surface area contributed by atoms with E-state index < -0.39 is 0 Å². The maximum Gasteiger partial charge on any atom is 0.286 e. The molecule has 0 bridgehead atoms. The summed E-state index contributed by atoms with van der Waals surface area (Å²) in [5.41, 5.74) is 0.644. The van der Waals surface area contributed by atoms with Crippen LogP contribution in [0.3, 0.4) is 0 Å². The Morgan fingerprint density at radius 2 is 2.19 bits per heavy atom. The van der Waals surface area contributed by atoms with Crippen LogP contribution in [0, 0.1) is 0 Å². The highest BCUT2D eigenvalue weighted by atomic mass is 16.5. The summed E-state index contributed by atoms with van der Waals surface area (Å²) in [5.74, 6) is 2.12. The number of carbonyl (C=O) groups excluding carboxylic acids is 1. The third kappa shape index (κ3) is 3.41. The molecule has 0 unspecified atom stereocenters. The van der Waals surface area contributed by atoms with E-state index in [-0.39, 0.29) is 17.8 Å². The summed E-state index contributed by atoms with van der Waals surface area (Å²) in [7, 11) is 1.56. The van der Waals surface area contributed by atoms with Gasteiger partial charge in [-0.15, -0.1) is 5.10 Å². The molecule has 8 heteroatoms. The van der Waals surface area contributed by atoms with Crippen molar-refractivity contribution in [2.24, 2.45) is 0 Å². The standard InChI is InChI=1S/C18H20N4O4/c1-19-18(23)17-6-5-12(25-17)10-22-11-13(20-21-22)14-7-8-16(26-14)15-4-2-3-9-24-15/h5-8,11,15H,2-4,9-10H2,1H3,(H,19,23)/t15-/m1/s1. The van der Waals surface area contributed by atoms with Gasteiger partial charge in [-0.25, -0.2) is 4.68 Å². The summed E-state index contributed by atoms with van der Waals surface area (Å²) in [6.07, 6.45) is 5.04. The molecule has 1 aliphatic rings. The van der Waals surface area contributed by atoms with E-state index in [2.05, 4.69) is 15.6 Å². The highest BCUT2D eigenvalue weighted by molar-refractivity contribution is 5.91. The molecule has 4 rings (SSSR count). The normalized spacial score (nSPS) is 17.3. The molecule has 8 nitrogen and oxygen atoms in total. The van der Waals surface area contributed by atoms with Crippen molar-refractivity contribution < 1.29 is 18.4 Å². The summed E-state index contributed by atoms with van der Waals surface area (Å²) in [6, 6.07) is 7.21. The molecule has 1 saturated heterocycles. The number of hydrogen-bond donors (Lipinski definition) is 1. The van der Waals surface area contributed by atoms with Crippen molar-refractivity contribution in [3.63, 3.8) is 0 Å². The van der Waals surface area contributed by atoms with Gasteiger partial charge in [-0.3, -0.25) is 4.79 Å². The van der Waals surface area contributed by atoms with E-state index in [4.69, 9.17) is 13.6 Å². The van der Waals surface area contributed by atoms with E-state index in [1.807, 2.05) is 12.1 Å². The van der Waals surface area contributed by atoms with E-state index in [1.165, 1.54) is 0 Å². The first-order valence-electron chi connectivity index (χ1n) is 8.65. The lowest BCUT2D eigenvalue weighted by Crippen LogP contribution is -2.16. The Labute approximate surface area is 150 Å². The van der Waals surface area contributed by atoms with Crippen LogP contribution in [0.1, 0.15) is 47.4 Å². The van der Waals surface area contributed by atoms with Gasteiger partial charge in [-0.2, -0.15) is 0 Å². The van der Waals surface area contributed by atoms with Gasteiger partial charge in [0, 0.05) is 13.7 Å². The Balaban J connectivity index is 1.45. The van der Waals surface area contributed by atoms with Crippen LogP contribution in [0.2, 0.25) is 0 Å². The average Bonchev–Trinajstić information content (AvgIpc) is 3.42. The molecule has 1 amide bonds. The van der Waals surface area contributed by atoms with Crippen LogP contribution in [0.15, 0.2) is 39.3 Å². The molecular formula is C18H20N4O4. The highest BCUT2D eigenvalue weighted by Crippen LogP contribution is 2.31. The van der Waals surface area contributed by atoms with E-state index in [1.54, 1.807) is 30.1 Å². The van der Waals surface area contributed by atoms with Crippen molar-refractivity contribution >= 4 is 5.91 Å². The fourth-order valence-corrected chi connectivity index (χ4v) is 2.99. The molecule has 1 fully saturated rings. The lowest BCUT2D eigenvalue weighted by Gasteiger charge is -2.20. The molecular weight excluding hydrogens is 336 g/mol. The third-order valence-electron chi connectivity index (χ3n) is 4.35. The van der Waals surface area contributed by atoms with Crippen molar-refractivity contribution in [1.29, 1.82) is 0 Å². The van der Waals surface area contributed by atoms with Crippen LogP contribution >= 0.6 is 0 Å². The predicted octanol–water partition coefficient (Wildman–Crippen LogP) is 2.78. The van der Waals surface area contributed by atoms with Gasteiger partial charge < -0.3 is 18.9 Å². The lowest BCUT2D eigenvalue weighted by atomic mass is 10.1. The van der Waals surface area contributed by atoms with E-state index in [0.29, 0.717) is 23.8 Å². The fourth-order valence-electron chi connectivity index (χ4n) is 2.99. The minimum absolute atomic E-state index is 0.0267. The Kier molecular flexibility index (Phi) is 4.57. The molecule has 0 aromatic carbocycles. The van der Waals surface area contributed by atoms with Crippen LogP contribution in [0.25, 0.3) is 11.5 Å². The number of hydrogen-bond acceptors (Lipinski definition) is 6. The molecule has 1 aliphatic heterocycles. The van der Waals surface area contributed by atoms with Crippen LogP contribution < -0.4 is 5.32 Å². The van der Waals surface area contributed by atoms with Crippen molar-refractivity contribution in [2.45, 2.75) is 31.9 Å². The monoisotopic (exact) mass is 356 g/mol. The van der Waals surface area contributed by atoms with Gasteiger partial charge in [0.1, 0.15) is 29.9 Å². The first-order valence-corrected chi connectivity index (χ1v) is 8.65. The highest BCUT2D eigenvalue weighted by Gasteiger charge is 2.20. The smallest absolute Gasteiger partial charge is 0.286 e. The Morgan fingerprint density at radius 1 is 1.27 bits per heavy atom. The molecule has 4 heterocycles. The first kappa shape index (κ1) is 16.6. The maximum atomic E-state index is 11.5. The molecule has 3 aromatic rings. The van der Waals surface area contributed by atoms with E-state index >= 15 is 0 Å². The molecule has 136 valence electrons. The largest absolute Gasteiger partial charge is 0.457 e. The molecule has 1 atom stereocenters. The van der Waals surface area contributed by atoms with Gasteiger partial charge in [0.05, 0.1) is 6.20 Å². The average molecular weight is 356 g/mol. The van der Waals surface area contributed by atoms with Crippen molar-refractivity contribution in [3.05, 3.63) is 47.7 Å². The number of furan rings is 2. The van der Waals surface area contributed by atoms with Crippen molar-refractivity contribution in [1.82, 2.24) is 20.3 Å². The van der Waals surface area contributed by atoms with Crippen LogP contribution in [0.4, 0.5) is 0 Å². The zero-order valence-electron chi connectivity index (χ0n) is 14.5. The van der Waals surface area contributed by atoms with Crippen LogP contribution in [0.5, 0.6) is 0 Å². The third-order valence-corrected chi connectivity index (χ3v) is 4.35. The SMILES string of the molecule is CNC(=O)c1ccc(Cn2cc(-c3ccc([C@H]4CCCCO4)o3)nn2)o1. The fraction of sp³-hybridized carbons (Fsp3) is 0.389. The number of amides is 1. The summed E-state index contributed by atoms with van der Waals surface area (Å²) < 4.78 is 18.8. The number of ether oxygens (including phenoxy) is 1. The maximum absolute atomic E-state index is 11.5. The summed E-state index contributed by atoms with van der Waals surface area (Å²) in [5, 5.41) is 10.8. The first-order chi connectivity index (χ1) is 12.7. The lowest BCUT2D eigenvalue weighted by molar-refractivity contribution is 0.00220. The molecule has 1 N–H and O–H groups in total. The van der Waals surface area contributed by atoms with E-state index in [0.717, 1.165) is 31.6 Å². The number of aromatic nitrogens is 3. The van der Waals surface area contributed by atoms with Crippen LogP contribution in [-0.4, -0.2) is 34.6 Å². The second kappa shape index (κ2) is 7.17. The van der Waals surface area contributed by atoms with Gasteiger partial charge in [0.15, 0.2) is 11.5 Å². The minimum atomic E-state index is -0.261. The number of nitrogens with one attached hydrogen (secondary N) is 1. The summed E-state index contributed by atoms with van der Waals surface area (Å²) in [6.45, 7) is 1.15. The second-order valence-corrected chi connectivity index (χ2v) is 6.20. The zero-order valence-corrected chi connectivity index (χ0v) is 14.5. The minimum Gasteiger partial charge on any atom is -0.457 e. The molecule has 0 saturated carbocycles. The van der Waals surface area contributed by atoms with Crippen molar-refractivity contribution in [3.8, 4) is 11.5 Å². The van der Waals surface area contributed by atoms with Crippen LogP contribution in [-0.2, 0) is 11.3 Å².